The zero-order valence-electron chi connectivity index (χ0n) is 11.1. The van der Waals surface area contributed by atoms with E-state index in [1.54, 1.807) is 24.3 Å². The minimum Gasteiger partial charge on any atom is -0.491 e. The molecule has 0 radical (unpaired) electrons. The second-order valence-electron chi connectivity index (χ2n) is 4.77. The van der Waals surface area contributed by atoms with Gasteiger partial charge in [-0.25, -0.2) is 4.39 Å². The average Bonchev–Trinajstić information content (AvgIpc) is 2.69. The zero-order chi connectivity index (χ0) is 14.8. The first-order chi connectivity index (χ1) is 10.1. The van der Waals surface area contributed by atoms with Gasteiger partial charge in [0, 0.05) is 0 Å². The Bertz CT molecular complexity index is 672. The Labute approximate surface area is 126 Å². The molecular formula is C16H13ClFNO2. The minimum absolute atomic E-state index is 0.174. The maximum atomic E-state index is 13.0. The largest absolute Gasteiger partial charge is 0.491 e. The summed E-state index contributed by atoms with van der Waals surface area (Å²) in [6.45, 7) is 0.922. The number of amides is 1. The summed E-state index contributed by atoms with van der Waals surface area (Å²) in [6.07, 6.45) is 0. The average molecular weight is 306 g/mol. The van der Waals surface area contributed by atoms with Crippen LogP contribution in [-0.2, 0) is 0 Å². The third-order valence-corrected chi connectivity index (χ3v) is 3.85. The van der Waals surface area contributed by atoms with Crippen molar-refractivity contribution >= 4 is 17.5 Å². The number of ether oxygens (including phenoxy) is 1. The zero-order valence-corrected chi connectivity index (χ0v) is 11.9. The minimum atomic E-state index is -0.452. The van der Waals surface area contributed by atoms with Crippen LogP contribution in [0.25, 0.3) is 0 Å². The molecular weight excluding hydrogens is 293 g/mol. The molecule has 1 N–H and O–H groups in total. The Kier molecular flexibility index (Phi) is 3.80. The van der Waals surface area contributed by atoms with Gasteiger partial charge in [-0.3, -0.25) is 4.79 Å². The molecule has 3 nitrogen and oxygen atoms in total. The van der Waals surface area contributed by atoms with E-state index in [9.17, 15) is 9.18 Å². The molecule has 0 fully saturated rings. The van der Waals surface area contributed by atoms with Crippen molar-refractivity contribution in [1.82, 2.24) is 5.32 Å². The number of rotatable bonds is 2. The van der Waals surface area contributed by atoms with Gasteiger partial charge in [-0.15, -0.1) is 11.6 Å². The van der Waals surface area contributed by atoms with Gasteiger partial charge in [-0.05, 0) is 35.4 Å². The number of carbonyl (C=O) groups excluding carboxylic acids is 1. The van der Waals surface area contributed by atoms with Crippen LogP contribution < -0.4 is 10.1 Å². The molecule has 5 heteroatoms. The highest BCUT2D eigenvalue weighted by Crippen LogP contribution is 2.32. The van der Waals surface area contributed by atoms with Gasteiger partial charge in [0.2, 0.25) is 0 Å². The molecule has 108 valence electrons. The number of nitrogens with one attached hydrogen (secondary N) is 1. The van der Waals surface area contributed by atoms with Crippen LogP contribution in [0.4, 0.5) is 4.39 Å². The fraction of sp³-hybridized carbons (Fsp3) is 0.188. The van der Waals surface area contributed by atoms with Gasteiger partial charge in [0.1, 0.15) is 18.2 Å². The standard InChI is InChI=1S/C16H13ClFNO2/c17-15(10-1-4-12(18)5-2-10)11-3-6-14-13(9-11)16(20)19-7-8-21-14/h1-6,9,15H,7-8H2,(H,19,20). The van der Waals surface area contributed by atoms with E-state index >= 15 is 0 Å². The second kappa shape index (κ2) is 5.74. The van der Waals surface area contributed by atoms with Crippen LogP contribution in [0.2, 0.25) is 0 Å². The predicted molar refractivity (Wildman–Crippen MR) is 78.4 cm³/mol. The van der Waals surface area contributed by atoms with Gasteiger partial charge in [0.15, 0.2) is 0 Å². The summed E-state index contributed by atoms with van der Waals surface area (Å²) in [5.41, 5.74) is 2.01. The van der Waals surface area contributed by atoms with Crippen molar-refractivity contribution < 1.29 is 13.9 Å². The van der Waals surface area contributed by atoms with E-state index < -0.39 is 5.38 Å². The fourth-order valence-corrected chi connectivity index (χ4v) is 2.53. The van der Waals surface area contributed by atoms with Crippen LogP contribution >= 0.6 is 11.6 Å². The maximum Gasteiger partial charge on any atom is 0.255 e. The van der Waals surface area contributed by atoms with Crippen molar-refractivity contribution in [3.63, 3.8) is 0 Å². The lowest BCUT2D eigenvalue weighted by Crippen LogP contribution is -2.24. The molecule has 2 aromatic rings. The lowest BCUT2D eigenvalue weighted by molar-refractivity contribution is 0.0957. The van der Waals surface area contributed by atoms with Crippen LogP contribution in [-0.4, -0.2) is 19.1 Å². The van der Waals surface area contributed by atoms with Crippen molar-refractivity contribution in [2.75, 3.05) is 13.2 Å². The van der Waals surface area contributed by atoms with Gasteiger partial charge in [0.25, 0.3) is 5.91 Å². The summed E-state index contributed by atoms with van der Waals surface area (Å²) in [7, 11) is 0. The summed E-state index contributed by atoms with van der Waals surface area (Å²) in [6, 6.07) is 11.3. The molecule has 2 aromatic carbocycles. The van der Waals surface area contributed by atoms with Gasteiger partial charge in [-0.1, -0.05) is 18.2 Å². The molecule has 0 bridgehead atoms. The quantitative estimate of drug-likeness (QED) is 0.865. The molecule has 1 atom stereocenters. The number of carbonyl (C=O) groups is 1. The number of hydrogen-bond donors (Lipinski definition) is 1. The molecule has 1 aliphatic rings. The number of alkyl halides is 1. The van der Waals surface area contributed by atoms with Crippen molar-refractivity contribution in [2.45, 2.75) is 5.38 Å². The summed E-state index contributed by atoms with van der Waals surface area (Å²) < 4.78 is 18.5. The van der Waals surface area contributed by atoms with Crippen LogP contribution in [0.3, 0.4) is 0 Å². The topological polar surface area (TPSA) is 38.3 Å². The first-order valence-corrected chi connectivity index (χ1v) is 7.03. The second-order valence-corrected chi connectivity index (χ2v) is 5.21. The van der Waals surface area contributed by atoms with E-state index in [2.05, 4.69) is 5.32 Å². The molecule has 0 saturated carbocycles. The van der Waals surface area contributed by atoms with Crippen molar-refractivity contribution in [1.29, 1.82) is 0 Å². The van der Waals surface area contributed by atoms with Gasteiger partial charge in [-0.2, -0.15) is 0 Å². The Morgan fingerprint density at radius 1 is 1.14 bits per heavy atom. The highest BCUT2D eigenvalue weighted by atomic mass is 35.5. The van der Waals surface area contributed by atoms with Gasteiger partial charge in [0.05, 0.1) is 17.5 Å². The van der Waals surface area contributed by atoms with Crippen LogP contribution in [0, 0.1) is 5.82 Å². The van der Waals surface area contributed by atoms with Crippen molar-refractivity contribution in [3.05, 3.63) is 65.0 Å². The van der Waals surface area contributed by atoms with E-state index in [1.165, 1.54) is 12.1 Å². The molecule has 0 aliphatic carbocycles. The summed E-state index contributed by atoms with van der Waals surface area (Å²) in [5, 5.41) is 2.31. The Hall–Kier alpha value is -2.07. The number of halogens is 2. The van der Waals surface area contributed by atoms with Crippen molar-refractivity contribution in [3.8, 4) is 5.75 Å². The number of fused-ring (bicyclic) bond motifs is 1. The van der Waals surface area contributed by atoms with Crippen LogP contribution in [0.1, 0.15) is 26.9 Å². The highest BCUT2D eigenvalue weighted by molar-refractivity contribution is 6.22. The van der Waals surface area contributed by atoms with Crippen LogP contribution in [0.15, 0.2) is 42.5 Å². The molecule has 3 rings (SSSR count). The number of hydrogen-bond acceptors (Lipinski definition) is 2. The van der Waals surface area contributed by atoms with E-state index in [4.69, 9.17) is 16.3 Å². The molecule has 21 heavy (non-hydrogen) atoms. The third kappa shape index (κ3) is 2.85. The molecule has 1 amide bonds. The van der Waals surface area contributed by atoms with Gasteiger partial charge >= 0.3 is 0 Å². The lowest BCUT2D eigenvalue weighted by Gasteiger charge is -2.13. The van der Waals surface area contributed by atoms with E-state index in [-0.39, 0.29) is 11.7 Å². The maximum absolute atomic E-state index is 13.0. The van der Waals surface area contributed by atoms with E-state index in [1.807, 2.05) is 6.07 Å². The van der Waals surface area contributed by atoms with E-state index in [0.717, 1.165) is 11.1 Å². The van der Waals surface area contributed by atoms with Gasteiger partial charge < -0.3 is 10.1 Å². The Balaban J connectivity index is 1.96. The lowest BCUT2D eigenvalue weighted by atomic mass is 10.0. The normalized spacial score (nSPS) is 15.4. The third-order valence-electron chi connectivity index (χ3n) is 3.35. The molecule has 0 aromatic heterocycles. The monoisotopic (exact) mass is 305 g/mol. The first kappa shape index (κ1) is 13.9. The Morgan fingerprint density at radius 2 is 1.86 bits per heavy atom. The molecule has 1 heterocycles. The first-order valence-electron chi connectivity index (χ1n) is 6.59. The van der Waals surface area contributed by atoms with Crippen LogP contribution in [0.5, 0.6) is 5.75 Å². The smallest absolute Gasteiger partial charge is 0.255 e. The summed E-state index contributed by atoms with van der Waals surface area (Å²) in [5.74, 6) is 0.0707. The van der Waals surface area contributed by atoms with E-state index in [0.29, 0.717) is 24.5 Å². The number of benzene rings is 2. The summed E-state index contributed by atoms with van der Waals surface area (Å²) >= 11 is 6.42. The fourth-order valence-electron chi connectivity index (χ4n) is 2.25. The molecule has 1 unspecified atom stereocenters. The molecule has 1 aliphatic heterocycles. The molecule has 0 spiro atoms. The molecule has 0 saturated heterocycles. The SMILES string of the molecule is O=C1NCCOc2ccc(C(Cl)c3ccc(F)cc3)cc21. The van der Waals surface area contributed by atoms with Crippen molar-refractivity contribution in [2.24, 2.45) is 0 Å². The highest BCUT2D eigenvalue weighted by Gasteiger charge is 2.19. The Morgan fingerprint density at radius 3 is 2.62 bits per heavy atom. The predicted octanol–water partition coefficient (Wildman–Crippen LogP) is 3.28. The summed E-state index contributed by atoms with van der Waals surface area (Å²) in [4.78, 5) is 12.0.